The number of aromatic amines is 1. The molecule has 0 amide bonds. The molecule has 3 N–H and O–H groups in total. The van der Waals surface area contributed by atoms with Gasteiger partial charge in [0, 0.05) is 6.42 Å². The lowest BCUT2D eigenvalue weighted by Crippen LogP contribution is -1.90. The molecule has 0 saturated carbocycles. The van der Waals surface area contributed by atoms with E-state index in [9.17, 15) is 0 Å². The second kappa shape index (κ2) is 15.2. The Morgan fingerprint density at radius 3 is 1.88 bits per heavy atom. The number of allylic oxidation sites excluding steroid dienone is 2. The van der Waals surface area contributed by atoms with Crippen LogP contribution in [0.4, 0.5) is 5.95 Å². The molecule has 4 nitrogen and oxygen atoms in total. The van der Waals surface area contributed by atoms with Gasteiger partial charge in [-0.15, -0.1) is 5.10 Å². The minimum Gasteiger partial charge on any atom is -0.367 e. The number of rotatable bonds is 16. The van der Waals surface area contributed by atoms with Gasteiger partial charge < -0.3 is 5.73 Å². The summed E-state index contributed by atoms with van der Waals surface area (Å²) in [7, 11) is 0. The molecule has 0 fully saturated rings. The highest BCUT2D eigenvalue weighted by Gasteiger charge is 1.99. The van der Waals surface area contributed by atoms with Gasteiger partial charge in [-0.1, -0.05) is 76.9 Å². The van der Waals surface area contributed by atoms with E-state index < -0.39 is 0 Å². The van der Waals surface area contributed by atoms with Crippen LogP contribution in [0.1, 0.15) is 103 Å². The zero-order valence-corrected chi connectivity index (χ0v) is 15.7. The van der Waals surface area contributed by atoms with Crippen LogP contribution >= 0.6 is 0 Å². The third-order valence-corrected chi connectivity index (χ3v) is 4.47. The minimum absolute atomic E-state index is 0.356. The van der Waals surface area contributed by atoms with Crippen molar-refractivity contribution in [2.24, 2.45) is 0 Å². The molecule has 1 heterocycles. The summed E-state index contributed by atoms with van der Waals surface area (Å²) in [4.78, 5) is 4.12. The molecule has 0 saturated heterocycles. The molecule has 0 aliphatic rings. The first-order valence-corrected chi connectivity index (χ1v) is 10.1. The number of aryl methyl sites for hydroxylation is 1. The molecule has 138 valence electrons. The molecule has 1 aromatic heterocycles. The molecular weight excluding hydrogens is 296 g/mol. The SMILES string of the molecule is CCCCCCCCC=CCCCCCCCCc1nc(N)n[nH]1. The van der Waals surface area contributed by atoms with E-state index in [2.05, 4.69) is 34.3 Å². The molecule has 4 heteroatoms. The summed E-state index contributed by atoms with van der Waals surface area (Å²) < 4.78 is 0. The number of unbranched alkanes of at least 4 members (excludes halogenated alkanes) is 12. The number of hydrogen-bond acceptors (Lipinski definition) is 3. The summed E-state index contributed by atoms with van der Waals surface area (Å²) >= 11 is 0. The number of nitrogens with one attached hydrogen (secondary N) is 1. The van der Waals surface area contributed by atoms with Crippen LogP contribution in [0.15, 0.2) is 12.2 Å². The van der Waals surface area contributed by atoms with Crippen LogP contribution in [0.3, 0.4) is 0 Å². The zero-order valence-electron chi connectivity index (χ0n) is 15.7. The van der Waals surface area contributed by atoms with Crippen molar-refractivity contribution < 1.29 is 0 Å². The monoisotopic (exact) mass is 334 g/mol. The van der Waals surface area contributed by atoms with Crippen LogP contribution in [0, 0.1) is 0 Å². The van der Waals surface area contributed by atoms with E-state index in [1.165, 1.54) is 89.9 Å². The normalized spacial score (nSPS) is 11.5. The number of nitrogens with two attached hydrogens (primary N) is 1. The Morgan fingerprint density at radius 1 is 0.792 bits per heavy atom. The van der Waals surface area contributed by atoms with Gasteiger partial charge in [-0.25, -0.2) is 0 Å². The first-order chi connectivity index (χ1) is 11.8. The summed E-state index contributed by atoms with van der Waals surface area (Å²) in [5.74, 6) is 1.28. The quantitative estimate of drug-likeness (QED) is 0.289. The van der Waals surface area contributed by atoms with Crippen molar-refractivity contribution in [3.63, 3.8) is 0 Å². The lowest BCUT2D eigenvalue weighted by Gasteiger charge is -2.00. The highest BCUT2D eigenvalue weighted by molar-refractivity contribution is 5.12. The summed E-state index contributed by atoms with van der Waals surface area (Å²) in [6.45, 7) is 2.28. The molecule has 24 heavy (non-hydrogen) atoms. The number of nitrogen functional groups attached to an aromatic ring is 1. The lowest BCUT2D eigenvalue weighted by atomic mass is 10.1. The lowest BCUT2D eigenvalue weighted by molar-refractivity contribution is 0.591. The second-order valence-electron chi connectivity index (χ2n) is 6.83. The Kier molecular flexibility index (Phi) is 13.1. The van der Waals surface area contributed by atoms with Gasteiger partial charge in [-0.2, -0.15) is 4.98 Å². The Balaban J connectivity index is 1.76. The van der Waals surface area contributed by atoms with Crippen LogP contribution in [-0.4, -0.2) is 15.2 Å². The van der Waals surface area contributed by atoms with Crippen LogP contribution in [0.2, 0.25) is 0 Å². The first kappa shape index (κ1) is 20.7. The predicted molar refractivity (Wildman–Crippen MR) is 104 cm³/mol. The van der Waals surface area contributed by atoms with Crippen LogP contribution in [0.25, 0.3) is 0 Å². The van der Waals surface area contributed by atoms with Gasteiger partial charge in [0.05, 0.1) is 0 Å². The van der Waals surface area contributed by atoms with E-state index in [4.69, 9.17) is 5.73 Å². The number of aromatic nitrogens is 3. The third-order valence-electron chi connectivity index (χ3n) is 4.47. The van der Waals surface area contributed by atoms with Gasteiger partial charge in [0.25, 0.3) is 0 Å². The highest BCUT2D eigenvalue weighted by atomic mass is 15.3. The number of nitrogens with zero attached hydrogens (tertiary/aromatic N) is 2. The fourth-order valence-corrected chi connectivity index (χ4v) is 2.96. The zero-order chi connectivity index (χ0) is 17.3. The van der Waals surface area contributed by atoms with Crippen molar-refractivity contribution in [1.82, 2.24) is 15.2 Å². The first-order valence-electron chi connectivity index (χ1n) is 10.1. The average Bonchev–Trinajstić information content (AvgIpc) is 3.00. The maximum absolute atomic E-state index is 5.48. The van der Waals surface area contributed by atoms with Gasteiger partial charge in [0.1, 0.15) is 5.82 Å². The van der Waals surface area contributed by atoms with E-state index in [1.54, 1.807) is 0 Å². The number of H-pyrrole nitrogens is 1. The van der Waals surface area contributed by atoms with Crippen LogP contribution in [0.5, 0.6) is 0 Å². The smallest absolute Gasteiger partial charge is 0.239 e. The van der Waals surface area contributed by atoms with Crippen molar-refractivity contribution in [1.29, 1.82) is 0 Å². The molecule has 0 radical (unpaired) electrons. The summed E-state index contributed by atoms with van der Waals surface area (Å²) in [5.41, 5.74) is 5.48. The Labute approximate surface area is 148 Å². The second-order valence-corrected chi connectivity index (χ2v) is 6.83. The highest BCUT2D eigenvalue weighted by Crippen LogP contribution is 2.10. The maximum Gasteiger partial charge on any atom is 0.239 e. The van der Waals surface area contributed by atoms with E-state index in [1.807, 2.05) is 0 Å². The maximum atomic E-state index is 5.48. The van der Waals surface area contributed by atoms with Gasteiger partial charge in [-0.3, -0.25) is 5.10 Å². The molecule has 0 unspecified atom stereocenters. The average molecular weight is 335 g/mol. The van der Waals surface area contributed by atoms with Gasteiger partial charge in [0.15, 0.2) is 0 Å². The third kappa shape index (κ3) is 12.1. The van der Waals surface area contributed by atoms with E-state index >= 15 is 0 Å². The van der Waals surface area contributed by atoms with Gasteiger partial charge >= 0.3 is 0 Å². The van der Waals surface area contributed by atoms with Gasteiger partial charge in [-0.05, 0) is 32.1 Å². The van der Waals surface area contributed by atoms with Crippen LogP contribution in [-0.2, 0) is 6.42 Å². The predicted octanol–water partition coefficient (Wildman–Crippen LogP) is 5.97. The van der Waals surface area contributed by atoms with E-state index in [-0.39, 0.29) is 0 Å². The molecule has 1 aromatic rings. The van der Waals surface area contributed by atoms with E-state index in [0.717, 1.165) is 12.2 Å². The van der Waals surface area contributed by atoms with Crippen molar-refractivity contribution in [3.05, 3.63) is 18.0 Å². The Hall–Kier alpha value is -1.32. The number of hydrogen-bond donors (Lipinski definition) is 2. The Morgan fingerprint density at radius 2 is 1.33 bits per heavy atom. The Bertz CT molecular complexity index is 412. The number of anilines is 1. The van der Waals surface area contributed by atoms with E-state index in [0.29, 0.717) is 5.95 Å². The summed E-state index contributed by atoms with van der Waals surface area (Å²) in [5, 5.41) is 6.71. The fourth-order valence-electron chi connectivity index (χ4n) is 2.96. The molecule has 0 spiro atoms. The van der Waals surface area contributed by atoms with Gasteiger partial charge in [0.2, 0.25) is 5.95 Å². The molecule has 0 aliphatic carbocycles. The van der Waals surface area contributed by atoms with Crippen molar-refractivity contribution in [2.75, 3.05) is 5.73 Å². The summed E-state index contributed by atoms with van der Waals surface area (Å²) in [6, 6.07) is 0. The largest absolute Gasteiger partial charge is 0.367 e. The molecular formula is C20H38N4. The fraction of sp³-hybridized carbons (Fsp3) is 0.800. The van der Waals surface area contributed by atoms with Crippen molar-refractivity contribution in [3.8, 4) is 0 Å². The van der Waals surface area contributed by atoms with Crippen molar-refractivity contribution in [2.45, 2.75) is 103 Å². The summed E-state index contributed by atoms with van der Waals surface area (Å²) in [6.07, 6.45) is 24.5. The molecule has 1 rings (SSSR count). The molecule has 0 atom stereocenters. The molecule has 0 bridgehead atoms. The molecule has 0 aliphatic heterocycles. The molecule has 0 aromatic carbocycles. The topological polar surface area (TPSA) is 67.6 Å². The standard InChI is InChI=1S/C20H38N4/c1-2-3-4-5-6-7-8-9-10-11-12-13-14-15-16-17-18-19-22-20(21)24-23-19/h9-10H,2-8,11-18H2,1H3,(H3,21,22,23,24). The van der Waals surface area contributed by atoms with Crippen molar-refractivity contribution >= 4 is 5.95 Å². The van der Waals surface area contributed by atoms with Crippen LogP contribution < -0.4 is 5.73 Å². The minimum atomic E-state index is 0.356.